The molecule has 120 valence electrons. The SMILES string of the molecule is CCCCCCCCCCCCCCNC=C(O)CC. The molecule has 2 nitrogen and oxygen atoms in total. The quantitative estimate of drug-likeness (QED) is 0.282. The summed E-state index contributed by atoms with van der Waals surface area (Å²) in [6, 6.07) is 0. The largest absolute Gasteiger partial charge is 0.511 e. The van der Waals surface area contributed by atoms with E-state index in [1.165, 1.54) is 77.0 Å². The van der Waals surface area contributed by atoms with Gasteiger partial charge in [-0.05, 0) is 6.42 Å². The number of rotatable bonds is 15. The van der Waals surface area contributed by atoms with Crippen LogP contribution in [0.2, 0.25) is 0 Å². The molecule has 0 aliphatic carbocycles. The Balaban J connectivity index is 3.03. The summed E-state index contributed by atoms with van der Waals surface area (Å²) in [7, 11) is 0. The summed E-state index contributed by atoms with van der Waals surface area (Å²) < 4.78 is 0. The van der Waals surface area contributed by atoms with Crippen molar-refractivity contribution < 1.29 is 5.11 Å². The molecule has 0 radical (unpaired) electrons. The first-order valence-electron chi connectivity index (χ1n) is 8.92. The molecule has 0 rings (SSSR count). The highest BCUT2D eigenvalue weighted by Crippen LogP contribution is 2.11. The maximum Gasteiger partial charge on any atom is 0.108 e. The molecule has 2 N–H and O–H groups in total. The van der Waals surface area contributed by atoms with Crippen LogP contribution in [0.5, 0.6) is 0 Å². The molecule has 0 saturated carbocycles. The third-order valence-corrected chi connectivity index (χ3v) is 3.81. The van der Waals surface area contributed by atoms with E-state index in [2.05, 4.69) is 12.2 Å². The van der Waals surface area contributed by atoms with Crippen LogP contribution in [0.4, 0.5) is 0 Å². The van der Waals surface area contributed by atoms with Gasteiger partial charge in [0, 0.05) is 19.2 Å². The smallest absolute Gasteiger partial charge is 0.108 e. The number of unbranched alkanes of at least 4 members (excludes halogenated alkanes) is 11. The van der Waals surface area contributed by atoms with Crippen molar-refractivity contribution in [3.8, 4) is 0 Å². The van der Waals surface area contributed by atoms with Crippen LogP contribution in [0.3, 0.4) is 0 Å². The molecule has 0 spiro atoms. The average molecular weight is 284 g/mol. The molecule has 0 fully saturated rings. The number of aliphatic hydroxyl groups is 1. The van der Waals surface area contributed by atoms with Crippen molar-refractivity contribution in [1.29, 1.82) is 0 Å². The molecule has 0 bridgehead atoms. The predicted octanol–water partition coefficient (Wildman–Crippen LogP) is 6.09. The lowest BCUT2D eigenvalue weighted by molar-refractivity contribution is 0.389. The van der Waals surface area contributed by atoms with E-state index in [9.17, 15) is 5.11 Å². The molecule has 0 atom stereocenters. The second-order valence-corrected chi connectivity index (χ2v) is 5.83. The summed E-state index contributed by atoms with van der Waals surface area (Å²) in [6.07, 6.45) is 19.1. The van der Waals surface area contributed by atoms with Gasteiger partial charge in [0.15, 0.2) is 0 Å². The monoisotopic (exact) mass is 283 g/mol. The minimum Gasteiger partial charge on any atom is -0.511 e. The van der Waals surface area contributed by atoms with Crippen LogP contribution in [0, 0.1) is 0 Å². The van der Waals surface area contributed by atoms with Gasteiger partial charge in [0.2, 0.25) is 0 Å². The van der Waals surface area contributed by atoms with Gasteiger partial charge in [-0.3, -0.25) is 0 Å². The maximum absolute atomic E-state index is 9.25. The molecule has 0 aliphatic heterocycles. The van der Waals surface area contributed by atoms with Crippen molar-refractivity contribution in [2.45, 2.75) is 97.3 Å². The van der Waals surface area contributed by atoms with Gasteiger partial charge in [-0.2, -0.15) is 0 Å². The fraction of sp³-hybridized carbons (Fsp3) is 0.889. The molecular weight excluding hydrogens is 246 g/mol. The second-order valence-electron chi connectivity index (χ2n) is 5.83. The standard InChI is InChI=1S/C18H37NO/c1-3-5-6-7-8-9-10-11-12-13-14-15-16-19-17-18(20)4-2/h17,19-20H,3-16H2,1-2H3. The molecule has 0 aromatic rings. The van der Waals surface area contributed by atoms with Crippen molar-refractivity contribution in [2.75, 3.05) is 6.54 Å². The zero-order valence-corrected chi connectivity index (χ0v) is 13.9. The van der Waals surface area contributed by atoms with Gasteiger partial charge in [-0.25, -0.2) is 0 Å². The molecule has 0 amide bonds. The predicted molar refractivity (Wildman–Crippen MR) is 90.1 cm³/mol. The molecular formula is C18H37NO. The first-order chi connectivity index (χ1) is 9.81. The molecule has 0 saturated heterocycles. The normalized spacial score (nSPS) is 11.8. The summed E-state index contributed by atoms with van der Waals surface area (Å²) in [5.41, 5.74) is 0. The third kappa shape index (κ3) is 15.4. The van der Waals surface area contributed by atoms with E-state index < -0.39 is 0 Å². The van der Waals surface area contributed by atoms with Crippen LogP contribution in [-0.2, 0) is 0 Å². The average Bonchev–Trinajstić information content (AvgIpc) is 2.47. The molecule has 20 heavy (non-hydrogen) atoms. The van der Waals surface area contributed by atoms with E-state index in [-0.39, 0.29) is 0 Å². The second kappa shape index (κ2) is 16.4. The molecule has 2 heteroatoms. The van der Waals surface area contributed by atoms with Gasteiger partial charge in [0.25, 0.3) is 0 Å². The van der Waals surface area contributed by atoms with Crippen LogP contribution < -0.4 is 5.32 Å². The Morgan fingerprint density at radius 3 is 1.65 bits per heavy atom. The summed E-state index contributed by atoms with van der Waals surface area (Å²) in [5, 5.41) is 12.4. The van der Waals surface area contributed by atoms with Crippen molar-refractivity contribution in [1.82, 2.24) is 5.32 Å². The highest BCUT2D eigenvalue weighted by molar-refractivity contribution is 4.86. The zero-order valence-electron chi connectivity index (χ0n) is 13.9. The van der Waals surface area contributed by atoms with Gasteiger partial charge in [0.1, 0.15) is 5.76 Å². The number of aliphatic hydroxyl groups excluding tert-OH is 1. The van der Waals surface area contributed by atoms with E-state index in [1.807, 2.05) is 6.92 Å². The topological polar surface area (TPSA) is 32.3 Å². The Bertz CT molecular complexity index is 213. The van der Waals surface area contributed by atoms with E-state index in [0.29, 0.717) is 12.2 Å². The first-order valence-corrected chi connectivity index (χ1v) is 8.92. The Hall–Kier alpha value is -0.660. The lowest BCUT2D eigenvalue weighted by Crippen LogP contribution is -2.07. The minimum absolute atomic E-state index is 0.448. The Morgan fingerprint density at radius 2 is 1.20 bits per heavy atom. The van der Waals surface area contributed by atoms with Crippen LogP contribution in [0.1, 0.15) is 97.3 Å². The van der Waals surface area contributed by atoms with Gasteiger partial charge in [0.05, 0.1) is 0 Å². The van der Waals surface area contributed by atoms with Gasteiger partial charge < -0.3 is 10.4 Å². The van der Waals surface area contributed by atoms with Crippen molar-refractivity contribution >= 4 is 0 Å². The van der Waals surface area contributed by atoms with Crippen molar-refractivity contribution in [2.24, 2.45) is 0 Å². The van der Waals surface area contributed by atoms with E-state index in [1.54, 1.807) is 6.20 Å². The van der Waals surface area contributed by atoms with Gasteiger partial charge in [-0.1, -0.05) is 84.5 Å². The van der Waals surface area contributed by atoms with Crippen molar-refractivity contribution in [3.05, 3.63) is 12.0 Å². The van der Waals surface area contributed by atoms with Crippen LogP contribution in [0.15, 0.2) is 12.0 Å². The van der Waals surface area contributed by atoms with Gasteiger partial charge >= 0.3 is 0 Å². The Morgan fingerprint density at radius 1 is 0.750 bits per heavy atom. The Labute approximate surface area is 127 Å². The third-order valence-electron chi connectivity index (χ3n) is 3.81. The lowest BCUT2D eigenvalue weighted by atomic mass is 10.1. The molecule has 0 aliphatic rings. The molecule has 0 aromatic carbocycles. The minimum atomic E-state index is 0.448. The first kappa shape index (κ1) is 19.3. The number of nitrogens with one attached hydrogen (secondary N) is 1. The molecule has 0 aromatic heterocycles. The number of allylic oxidation sites excluding steroid dienone is 1. The highest BCUT2D eigenvalue weighted by atomic mass is 16.3. The summed E-state index contributed by atoms with van der Waals surface area (Å²) in [5.74, 6) is 0.448. The lowest BCUT2D eigenvalue weighted by Gasteiger charge is -2.03. The van der Waals surface area contributed by atoms with Crippen LogP contribution in [0.25, 0.3) is 0 Å². The van der Waals surface area contributed by atoms with Gasteiger partial charge in [-0.15, -0.1) is 0 Å². The summed E-state index contributed by atoms with van der Waals surface area (Å²) in [4.78, 5) is 0. The Kier molecular flexibility index (Phi) is 15.9. The zero-order chi connectivity index (χ0) is 14.9. The highest BCUT2D eigenvalue weighted by Gasteiger charge is 1.93. The number of hydrogen-bond donors (Lipinski definition) is 2. The molecule has 0 heterocycles. The van der Waals surface area contributed by atoms with E-state index in [4.69, 9.17) is 0 Å². The fourth-order valence-corrected chi connectivity index (χ4v) is 2.36. The van der Waals surface area contributed by atoms with Crippen LogP contribution in [-0.4, -0.2) is 11.7 Å². The fourth-order valence-electron chi connectivity index (χ4n) is 2.36. The van der Waals surface area contributed by atoms with Crippen molar-refractivity contribution in [3.63, 3.8) is 0 Å². The van der Waals surface area contributed by atoms with E-state index in [0.717, 1.165) is 6.54 Å². The molecule has 0 unspecified atom stereocenters. The summed E-state index contributed by atoms with van der Waals surface area (Å²) in [6.45, 7) is 5.22. The van der Waals surface area contributed by atoms with Crippen LogP contribution >= 0.6 is 0 Å². The maximum atomic E-state index is 9.25. The van der Waals surface area contributed by atoms with E-state index >= 15 is 0 Å². The summed E-state index contributed by atoms with van der Waals surface area (Å²) >= 11 is 0. The number of hydrogen-bond acceptors (Lipinski definition) is 2.